The number of para-hydroxylation sites is 1. The first kappa shape index (κ1) is 23.3. The van der Waals surface area contributed by atoms with Gasteiger partial charge in [-0.05, 0) is 31.2 Å². The van der Waals surface area contributed by atoms with Gasteiger partial charge in [0.2, 0.25) is 10.0 Å². The molecule has 1 aliphatic heterocycles. The number of esters is 1. The summed E-state index contributed by atoms with van der Waals surface area (Å²) in [4.78, 5) is 12.3. The van der Waals surface area contributed by atoms with E-state index in [1.165, 1.54) is 22.9 Å². The standard InChI is InChI=1S/C23H22N4O6S/c1-16-19(13-24)20(27(26-16)17-6-3-2-4-7-17)15-33-23(28)14-25-34(29,30)18-8-9-21-22(12-18)32-11-5-10-31-21/h2-4,6-9,12,25H,5,10-11,14-15H2,1H3. The van der Waals surface area contributed by atoms with Gasteiger partial charge in [-0.25, -0.2) is 13.1 Å². The summed E-state index contributed by atoms with van der Waals surface area (Å²) >= 11 is 0. The molecule has 0 radical (unpaired) electrons. The normalized spacial score (nSPS) is 13.1. The van der Waals surface area contributed by atoms with Gasteiger partial charge in [0.25, 0.3) is 0 Å². The van der Waals surface area contributed by atoms with Crippen LogP contribution in [-0.2, 0) is 26.2 Å². The van der Waals surface area contributed by atoms with Crippen molar-refractivity contribution in [1.29, 1.82) is 5.26 Å². The minimum atomic E-state index is -4.00. The van der Waals surface area contributed by atoms with Crippen molar-refractivity contribution in [2.24, 2.45) is 0 Å². The van der Waals surface area contributed by atoms with Crippen molar-refractivity contribution in [3.05, 3.63) is 65.5 Å². The molecule has 0 amide bonds. The van der Waals surface area contributed by atoms with Crippen LogP contribution in [0.1, 0.15) is 23.4 Å². The predicted molar refractivity (Wildman–Crippen MR) is 120 cm³/mol. The van der Waals surface area contributed by atoms with Crippen LogP contribution >= 0.6 is 0 Å². The number of benzene rings is 2. The molecule has 0 saturated heterocycles. The highest BCUT2D eigenvalue weighted by molar-refractivity contribution is 7.89. The van der Waals surface area contributed by atoms with Crippen molar-refractivity contribution in [3.8, 4) is 23.3 Å². The molecule has 11 heteroatoms. The van der Waals surface area contributed by atoms with Crippen LogP contribution in [0.25, 0.3) is 5.69 Å². The van der Waals surface area contributed by atoms with Gasteiger partial charge in [-0.2, -0.15) is 15.1 Å². The summed E-state index contributed by atoms with van der Waals surface area (Å²) in [5.41, 5.74) is 1.88. The van der Waals surface area contributed by atoms with Gasteiger partial charge >= 0.3 is 5.97 Å². The number of ether oxygens (including phenoxy) is 3. The maximum atomic E-state index is 12.7. The zero-order valence-corrected chi connectivity index (χ0v) is 19.2. The molecule has 1 aliphatic rings. The van der Waals surface area contributed by atoms with E-state index in [-0.39, 0.29) is 11.5 Å². The summed E-state index contributed by atoms with van der Waals surface area (Å²) in [6.07, 6.45) is 0.692. The lowest BCUT2D eigenvalue weighted by Gasteiger charge is -2.11. The second kappa shape index (κ2) is 9.94. The van der Waals surface area contributed by atoms with Gasteiger partial charge in [-0.3, -0.25) is 4.79 Å². The van der Waals surface area contributed by atoms with Crippen molar-refractivity contribution in [2.75, 3.05) is 19.8 Å². The molecule has 4 rings (SSSR count). The summed E-state index contributed by atoms with van der Waals surface area (Å²) in [5, 5.41) is 13.9. The first-order chi connectivity index (χ1) is 16.4. The number of hydrogen-bond donors (Lipinski definition) is 1. The molecule has 0 unspecified atom stereocenters. The number of carbonyl (C=O) groups excluding carboxylic acids is 1. The highest BCUT2D eigenvalue weighted by Gasteiger charge is 2.21. The van der Waals surface area contributed by atoms with Crippen LogP contribution in [0, 0.1) is 18.3 Å². The fourth-order valence-corrected chi connectivity index (χ4v) is 4.37. The Hall–Kier alpha value is -3.88. The molecule has 1 aromatic heterocycles. The molecule has 176 valence electrons. The number of fused-ring (bicyclic) bond motifs is 1. The van der Waals surface area contributed by atoms with E-state index < -0.39 is 22.5 Å². The number of rotatable bonds is 7. The van der Waals surface area contributed by atoms with E-state index in [9.17, 15) is 18.5 Å². The molecule has 0 saturated carbocycles. The molecular weight excluding hydrogens is 460 g/mol. The van der Waals surface area contributed by atoms with E-state index in [2.05, 4.69) is 15.9 Å². The van der Waals surface area contributed by atoms with E-state index in [0.717, 1.165) is 0 Å². The number of aryl methyl sites for hydroxylation is 1. The lowest BCUT2D eigenvalue weighted by atomic mass is 10.2. The summed E-state index contributed by atoms with van der Waals surface area (Å²) in [7, 11) is -4.00. The number of aromatic nitrogens is 2. The lowest BCUT2D eigenvalue weighted by molar-refractivity contribution is -0.143. The first-order valence-corrected chi connectivity index (χ1v) is 12.0. The average Bonchev–Trinajstić information content (AvgIpc) is 3.00. The molecular formula is C23H22N4O6S. The van der Waals surface area contributed by atoms with Crippen LogP contribution in [0.15, 0.2) is 53.4 Å². The highest BCUT2D eigenvalue weighted by atomic mass is 32.2. The zero-order chi connectivity index (χ0) is 24.1. The third kappa shape index (κ3) is 5.03. The van der Waals surface area contributed by atoms with E-state index in [1.54, 1.807) is 6.92 Å². The lowest BCUT2D eigenvalue weighted by Crippen LogP contribution is -2.30. The summed E-state index contributed by atoms with van der Waals surface area (Å²) in [6.45, 7) is 1.76. The fraction of sp³-hybridized carbons (Fsp3) is 0.261. The van der Waals surface area contributed by atoms with Gasteiger partial charge in [-0.1, -0.05) is 18.2 Å². The van der Waals surface area contributed by atoms with Crippen LogP contribution in [0.3, 0.4) is 0 Å². The summed E-state index contributed by atoms with van der Waals surface area (Å²) in [5.74, 6) is -0.00808. The molecule has 3 aromatic rings. The van der Waals surface area contributed by atoms with Crippen molar-refractivity contribution >= 4 is 16.0 Å². The predicted octanol–water partition coefficient (Wildman–Crippen LogP) is 2.24. The number of sulfonamides is 1. The van der Waals surface area contributed by atoms with E-state index in [0.29, 0.717) is 53.8 Å². The molecule has 34 heavy (non-hydrogen) atoms. The Labute approximate surface area is 196 Å². The molecule has 0 spiro atoms. The number of hydrogen-bond acceptors (Lipinski definition) is 8. The van der Waals surface area contributed by atoms with Crippen molar-refractivity contribution in [1.82, 2.24) is 14.5 Å². The van der Waals surface area contributed by atoms with Crippen LogP contribution in [0.2, 0.25) is 0 Å². The highest BCUT2D eigenvalue weighted by Crippen LogP contribution is 2.31. The minimum absolute atomic E-state index is 0.0610. The number of nitrogens with one attached hydrogen (secondary N) is 1. The topological polar surface area (TPSA) is 133 Å². The molecule has 2 aromatic carbocycles. The largest absolute Gasteiger partial charge is 0.490 e. The van der Waals surface area contributed by atoms with Crippen LogP contribution < -0.4 is 14.2 Å². The third-order valence-corrected chi connectivity index (χ3v) is 6.47. The molecule has 0 bridgehead atoms. The second-order valence-electron chi connectivity index (χ2n) is 7.41. The second-order valence-corrected chi connectivity index (χ2v) is 9.18. The Morgan fingerprint density at radius 1 is 1.18 bits per heavy atom. The molecule has 1 N–H and O–H groups in total. The molecule has 0 fully saturated rings. The van der Waals surface area contributed by atoms with Gasteiger partial charge in [0.1, 0.15) is 24.8 Å². The Kier molecular flexibility index (Phi) is 6.81. The van der Waals surface area contributed by atoms with Gasteiger partial charge in [0.15, 0.2) is 11.5 Å². The Morgan fingerprint density at radius 3 is 2.65 bits per heavy atom. The molecule has 10 nitrogen and oxygen atoms in total. The number of nitriles is 1. The maximum absolute atomic E-state index is 12.7. The van der Waals surface area contributed by atoms with Gasteiger partial charge < -0.3 is 14.2 Å². The zero-order valence-electron chi connectivity index (χ0n) is 18.4. The quantitative estimate of drug-likeness (QED) is 0.507. The van der Waals surface area contributed by atoms with Crippen molar-refractivity contribution in [2.45, 2.75) is 24.8 Å². The third-order valence-electron chi connectivity index (χ3n) is 5.07. The smallest absolute Gasteiger partial charge is 0.321 e. The van der Waals surface area contributed by atoms with Gasteiger partial charge in [-0.15, -0.1) is 0 Å². The van der Waals surface area contributed by atoms with Gasteiger partial charge in [0, 0.05) is 12.5 Å². The molecule has 0 aliphatic carbocycles. The molecule has 0 atom stereocenters. The molecule has 2 heterocycles. The number of carbonyl (C=O) groups is 1. The Bertz CT molecular complexity index is 1350. The number of nitrogens with zero attached hydrogens (tertiary/aromatic N) is 3. The summed E-state index contributed by atoms with van der Waals surface area (Å²) in [6, 6.07) is 15.4. The van der Waals surface area contributed by atoms with E-state index in [4.69, 9.17) is 14.2 Å². The van der Waals surface area contributed by atoms with E-state index >= 15 is 0 Å². The van der Waals surface area contributed by atoms with Crippen LogP contribution in [0.5, 0.6) is 11.5 Å². The van der Waals surface area contributed by atoms with Crippen LogP contribution in [-0.4, -0.2) is 43.9 Å². The SMILES string of the molecule is Cc1nn(-c2ccccc2)c(COC(=O)CNS(=O)(=O)c2ccc3c(c2)OCCCO3)c1C#N. The van der Waals surface area contributed by atoms with Crippen LogP contribution in [0.4, 0.5) is 0 Å². The Balaban J connectivity index is 1.42. The minimum Gasteiger partial charge on any atom is -0.490 e. The monoisotopic (exact) mass is 482 g/mol. The van der Waals surface area contributed by atoms with Crippen molar-refractivity contribution in [3.63, 3.8) is 0 Å². The van der Waals surface area contributed by atoms with Crippen molar-refractivity contribution < 1.29 is 27.4 Å². The van der Waals surface area contributed by atoms with Gasteiger partial charge in [0.05, 0.1) is 35.2 Å². The first-order valence-electron chi connectivity index (χ1n) is 10.5. The fourth-order valence-electron chi connectivity index (χ4n) is 3.38. The van der Waals surface area contributed by atoms with E-state index in [1.807, 2.05) is 30.3 Å². The Morgan fingerprint density at radius 2 is 1.91 bits per heavy atom. The maximum Gasteiger partial charge on any atom is 0.321 e. The summed E-state index contributed by atoms with van der Waals surface area (Å²) < 4.78 is 45.4. The average molecular weight is 483 g/mol.